The van der Waals surface area contributed by atoms with Crippen LogP contribution < -0.4 is 0 Å². The molecule has 1 aliphatic carbocycles. The summed E-state index contributed by atoms with van der Waals surface area (Å²) in [6.45, 7) is 4.14. The van der Waals surface area contributed by atoms with Gasteiger partial charge in [0.05, 0.1) is 17.2 Å². The van der Waals surface area contributed by atoms with Gasteiger partial charge in [0.2, 0.25) is 5.67 Å². The average Bonchev–Trinajstić information content (AvgIpc) is 3.42. The summed E-state index contributed by atoms with van der Waals surface area (Å²) in [7, 11) is 0. The van der Waals surface area contributed by atoms with Gasteiger partial charge in [-0.1, -0.05) is 13.8 Å². The number of carboxylic acids is 1. The molecule has 160 valence electrons. The van der Waals surface area contributed by atoms with E-state index in [1.165, 1.54) is 12.1 Å². The molecule has 5 rings (SSSR count). The SMILES string of the molecule is CC(C)c1c([C@@H]2CC[C@@](F)(C(=O)O)C2)c2cc3[nH]ncc3cc2n1-c1ccc(F)cc1. The average molecular weight is 423 g/mol. The number of halogens is 2. The predicted molar refractivity (Wildman–Crippen MR) is 115 cm³/mol. The summed E-state index contributed by atoms with van der Waals surface area (Å²) >= 11 is 0. The first-order chi connectivity index (χ1) is 14.8. The number of aromatic amines is 1. The van der Waals surface area contributed by atoms with E-state index in [0.29, 0.717) is 6.42 Å². The highest BCUT2D eigenvalue weighted by Gasteiger charge is 2.47. The Kier molecular flexibility index (Phi) is 4.39. The molecule has 2 aromatic carbocycles. The number of rotatable bonds is 4. The lowest BCUT2D eigenvalue weighted by Crippen LogP contribution is -2.30. The Labute approximate surface area is 177 Å². The lowest BCUT2D eigenvalue weighted by atomic mass is 9.89. The van der Waals surface area contributed by atoms with E-state index in [1.54, 1.807) is 18.3 Å². The van der Waals surface area contributed by atoms with Gasteiger partial charge in [0.25, 0.3) is 0 Å². The van der Waals surface area contributed by atoms with Crippen LogP contribution in [-0.4, -0.2) is 31.5 Å². The molecule has 4 aromatic rings. The molecule has 7 heteroatoms. The van der Waals surface area contributed by atoms with Crippen LogP contribution in [0.1, 0.15) is 56.2 Å². The third-order valence-corrected chi connectivity index (χ3v) is 6.49. The number of aromatic nitrogens is 3. The molecule has 1 saturated carbocycles. The van der Waals surface area contributed by atoms with Crippen LogP contribution in [0.15, 0.2) is 42.6 Å². The van der Waals surface area contributed by atoms with E-state index in [4.69, 9.17) is 0 Å². The Morgan fingerprint density at radius 3 is 2.68 bits per heavy atom. The molecule has 0 spiro atoms. The number of H-pyrrole nitrogens is 1. The summed E-state index contributed by atoms with van der Waals surface area (Å²) in [5.41, 5.74) is 2.37. The molecule has 0 radical (unpaired) electrons. The number of nitrogens with one attached hydrogen (secondary N) is 1. The van der Waals surface area contributed by atoms with Crippen LogP contribution in [0.5, 0.6) is 0 Å². The van der Waals surface area contributed by atoms with Crippen molar-refractivity contribution in [3.8, 4) is 5.69 Å². The second-order valence-electron chi connectivity index (χ2n) is 8.80. The minimum absolute atomic E-state index is 0.0000582. The van der Waals surface area contributed by atoms with Gasteiger partial charge in [-0.05, 0) is 73.1 Å². The summed E-state index contributed by atoms with van der Waals surface area (Å²) in [4.78, 5) is 11.6. The van der Waals surface area contributed by atoms with Crippen LogP contribution in [0.25, 0.3) is 27.5 Å². The van der Waals surface area contributed by atoms with Gasteiger partial charge in [0.1, 0.15) is 5.82 Å². The second-order valence-corrected chi connectivity index (χ2v) is 8.80. The van der Waals surface area contributed by atoms with Crippen LogP contribution in [0.2, 0.25) is 0 Å². The maximum absolute atomic E-state index is 15.0. The molecule has 0 bridgehead atoms. The first-order valence-electron chi connectivity index (χ1n) is 10.5. The smallest absolute Gasteiger partial charge is 0.341 e. The van der Waals surface area contributed by atoms with Crippen molar-refractivity contribution in [3.63, 3.8) is 0 Å². The topological polar surface area (TPSA) is 70.9 Å². The zero-order valence-corrected chi connectivity index (χ0v) is 17.3. The van der Waals surface area contributed by atoms with E-state index < -0.39 is 11.6 Å². The minimum Gasteiger partial charge on any atom is -0.479 e. The first-order valence-corrected chi connectivity index (χ1v) is 10.5. The number of benzene rings is 2. The van der Waals surface area contributed by atoms with Crippen molar-refractivity contribution in [3.05, 3.63) is 59.7 Å². The highest BCUT2D eigenvalue weighted by atomic mass is 19.1. The largest absolute Gasteiger partial charge is 0.479 e. The zero-order chi connectivity index (χ0) is 21.9. The summed E-state index contributed by atoms with van der Waals surface area (Å²) in [5.74, 6) is -1.84. The van der Waals surface area contributed by atoms with Crippen molar-refractivity contribution in [2.24, 2.45) is 0 Å². The Morgan fingerprint density at radius 2 is 2.03 bits per heavy atom. The number of nitrogens with zero attached hydrogens (tertiary/aromatic N) is 2. The van der Waals surface area contributed by atoms with Crippen molar-refractivity contribution in [2.45, 2.75) is 50.6 Å². The van der Waals surface area contributed by atoms with Crippen LogP contribution >= 0.6 is 0 Å². The van der Waals surface area contributed by atoms with Gasteiger partial charge in [-0.3, -0.25) is 5.10 Å². The Bertz CT molecular complexity index is 1310. The summed E-state index contributed by atoms with van der Waals surface area (Å²) in [5, 5.41) is 18.4. The van der Waals surface area contributed by atoms with E-state index in [2.05, 4.69) is 28.6 Å². The number of fused-ring (bicyclic) bond motifs is 2. The number of carboxylic acid groups (broad SMARTS) is 1. The molecule has 2 heterocycles. The fraction of sp³-hybridized carbons (Fsp3) is 0.333. The summed E-state index contributed by atoms with van der Waals surface area (Å²) in [6, 6.07) is 10.4. The standard InChI is InChI=1S/C24H23F2N3O2/c1-13(2)22-21(14-7-8-24(26,11-14)23(30)31)18-10-19-15(12-27-28-19)9-20(18)29(22)17-5-3-16(25)4-6-17/h3-6,9-10,12-14H,7-8,11H2,1-2H3,(H,27,28)(H,30,31)/t14-,24+/m1/s1. The molecule has 2 aromatic heterocycles. The van der Waals surface area contributed by atoms with Gasteiger partial charge in [0.15, 0.2) is 0 Å². The molecule has 1 aliphatic rings. The molecule has 2 N–H and O–H groups in total. The van der Waals surface area contributed by atoms with Crippen molar-refractivity contribution >= 4 is 27.8 Å². The predicted octanol–water partition coefficient (Wildman–Crippen LogP) is 5.83. The van der Waals surface area contributed by atoms with E-state index in [1.807, 2.05) is 12.1 Å². The third kappa shape index (κ3) is 3.02. The molecule has 0 saturated heterocycles. The molecular formula is C24H23F2N3O2. The fourth-order valence-electron chi connectivity index (χ4n) is 5.07. The number of alkyl halides is 1. The molecule has 31 heavy (non-hydrogen) atoms. The van der Waals surface area contributed by atoms with Crippen molar-refractivity contribution in [2.75, 3.05) is 0 Å². The molecular weight excluding hydrogens is 400 g/mol. The van der Waals surface area contributed by atoms with Crippen LogP contribution in [-0.2, 0) is 4.79 Å². The molecule has 1 fully saturated rings. The molecule has 2 atom stereocenters. The van der Waals surface area contributed by atoms with E-state index in [9.17, 15) is 14.3 Å². The Balaban J connectivity index is 1.82. The van der Waals surface area contributed by atoms with Gasteiger partial charge >= 0.3 is 5.97 Å². The number of carbonyl (C=O) groups is 1. The zero-order valence-electron chi connectivity index (χ0n) is 17.3. The second kappa shape index (κ2) is 6.90. The lowest BCUT2D eigenvalue weighted by Gasteiger charge is -2.19. The monoisotopic (exact) mass is 423 g/mol. The molecule has 5 nitrogen and oxygen atoms in total. The van der Waals surface area contributed by atoms with E-state index in [-0.39, 0.29) is 30.5 Å². The minimum atomic E-state index is -2.21. The van der Waals surface area contributed by atoms with Gasteiger partial charge in [-0.15, -0.1) is 0 Å². The van der Waals surface area contributed by atoms with Crippen molar-refractivity contribution in [1.82, 2.24) is 14.8 Å². The van der Waals surface area contributed by atoms with Crippen LogP contribution in [0.3, 0.4) is 0 Å². The highest BCUT2D eigenvalue weighted by Crippen LogP contribution is 2.49. The third-order valence-electron chi connectivity index (χ3n) is 6.49. The quantitative estimate of drug-likeness (QED) is 0.434. The van der Waals surface area contributed by atoms with E-state index >= 15 is 4.39 Å². The maximum atomic E-state index is 15.0. The van der Waals surface area contributed by atoms with Gasteiger partial charge < -0.3 is 9.67 Å². The normalized spacial score (nSPS) is 21.5. The molecule has 0 unspecified atom stereocenters. The van der Waals surface area contributed by atoms with Gasteiger partial charge in [-0.2, -0.15) is 5.10 Å². The van der Waals surface area contributed by atoms with Crippen molar-refractivity contribution < 1.29 is 18.7 Å². The molecule has 0 aliphatic heterocycles. The number of aliphatic carboxylic acids is 1. The van der Waals surface area contributed by atoms with E-state index in [0.717, 1.165) is 38.8 Å². The number of hydrogen-bond donors (Lipinski definition) is 2. The summed E-state index contributed by atoms with van der Waals surface area (Å²) in [6.07, 6.45) is 2.16. The highest BCUT2D eigenvalue weighted by molar-refractivity contribution is 5.99. The van der Waals surface area contributed by atoms with Crippen LogP contribution in [0, 0.1) is 5.82 Å². The number of hydrogen-bond acceptors (Lipinski definition) is 2. The van der Waals surface area contributed by atoms with Gasteiger partial charge in [0, 0.05) is 22.2 Å². The van der Waals surface area contributed by atoms with Gasteiger partial charge in [-0.25, -0.2) is 13.6 Å². The Hall–Kier alpha value is -3.22. The first kappa shape index (κ1) is 19.7. The maximum Gasteiger partial charge on any atom is 0.341 e. The van der Waals surface area contributed by atoms with Crippen molar-refractivity contribution in [1.29, 1.82) is 0 Å². The lowest BCUT2D eigenvalue weighted by molar-refractivity contribution is -0.150. The molecule has 0 amide bonds. The Morgan fingerprint density at radius 1 is 1.29 bits per heavy atom. The van der Waals surface area contributed by atoms with Crippen LogP contribution in [0.4, 0.5) is 8.78 Å². The summed E-state index contributed by atoms with van der Waals surface area (Å²) < 4.78 is 30.7. The fourth-order valence-corrected chi connectivity index (χ4v) is 5.07.